The van der Waals surface area contributed by atoms with Crippen LogP contribution in [-0.2, 0) is 24.7 Å². The van der Waals surface area contributed by atoms with Crippen LogP contribution in [0.3, 0.4) is 0 Å². The van der Waals surface area contributed by atoms with E-state index in [4.69, 9.17) is 18.8 Å². The molecule has 12 heteroatoms. The van der Waals surface area contributed by atoms with Gasteiger partial charge in [-0.25, -0.2) is 9.36 Å². The molecule has 0 fully saturated rings. The molecular weight excluding hydrogens is 386 g/mol. The minimum Gasteiger partial charge on any atom is -0.324 e. The van der Waals surface area contributed by atoms with Gasteiger partial charge in [0.05, 0.1) is 19.4 Å². The van der Waals surface area contributed by atoms with Crippen molar-refractivity contribution in [2.45, 2.75) is 33.7 Å². The SMILES string of the molecule is CCOP(=O)(OCC)n1c(=O)c(C)cn(C/C=C/CCP(=O)(O)O)c1=O. The first-order chi connectivity index (χ1) is 12.1. The van der Waals surface area contributed by atoms with E-state index in [1.807, 2.05) is 0 Å². The van der Waals surface area contributed by atoms with Crippen LogP contribution < -0.4 is 11.2 Å². The van der Waals surface area contributed by atoms with E-state index >= 15 is 0 Å². The second-order valence-electron chi connectivity index (χ2n) is 5.32. The molecule has 26 heavy (non-hydrogen) atoms. The Morgan fingerprint density at radius 1 is 1.12 bits per heavy atom. The van der Waals surface area contributed by atoms with Crippen molar-refractivity contribution in [3.8, 4) is 0 Å². The summed E-state index contributed by atoms with van der Waals surface area (Å²) in [5.41, 5.74) is -1.44. The van der Waals surface area contributed by atoms with Gasteiger partial charge in [-0.15, -0.1) is 0 Å². The third-order valence-electron chi connectivity index (χ3n) is 3.19. The molecule has 1 heterocycles. The van der Waals surface area contributed by atoms with Crippen LogP contribution in [0.2, 0.25) is 0 Å². The highest BCUT2D eigenvalue weighted by atomic mass is 31.2. The van der Waals surface area contributed by atoms with Crippen molar-refractivity contribution >= 4 is 15.3 Å². The van der Waals surface area contributed by atoms with Crippen molar-refractivity contribution in [1.82, 2.24) is 8.90 Å². The molecule has 0 amide bonds. The van der Waals surface area contributed by atoms with Gasteiger partial charge in [-0.1, -0.05) is 12.2 Å². The summed E-state index contributed by atoms with van der Waals surface area (Å²) in [5.74, 6) is 0. The second kappa shape index (κ2) is 9.60. The van der Waals surface area contributed by atoms with Gasteiger partial charge >= 0.3 is 21.0 Å². The van der Waals surface area contributed by atoms with Gasteiger partial charge in [0.15, 0.2) is 0 Å². The van der Waals surface area contributed by atoms with E-state index in [1.54, 1.807) is 13.8 Å². The van der Waals surface area contributed by atoms with Crippen molar-refractivity contribution < 1.29 is 28.0 Å². The van der Waals surface area contributed by atoms with Crippen molar-refractivity contribution in [2.24, 2.45) is 0 Å². The van der Waals surface area contributed by atoms with E-state index in [9.17, 15) is 18.7 Å². The van der Waals surface area contributed by atoms with Gasteiger partial charge in [-0.05, 0) is 27.2 Å². The molecule has 0 aliphatic heterocycles. The Balaban J connectivity index is 3.22. The highest BCUT2D eigenvalue weighted by Gasteiger charge is 2.32. The lowest BCUT2D eigenvalue weighted by Gasteiger charge is -2.19. The molecule has 1 rings (SSSR count). The number of aromatic nitrogens is 2. The van der Waals surface area contributed by atoms with E-state index in [1.165, 1.54) is 25.3 Å². The Hall–Kier alpha value is -1.28. The van der Waals surface area contributed by atoms with Crippen LogP contribution in [-0.4, -0.2) is 38.1 Å². The van der Waals surface area contributed by atoms with Gasteiger partial charge in [0, 0.05) is 18.3 Å². The molecule has 2 N–H and O–H groups in total. The van der Waals surface area contributed by atoms with Crippen molar-refractivity contribution in [3.05, 3.63) is 44.8 Å². The molecule has 0 bridgehead atoms. The predicted molar refractivity (Wildman–Crippen MR) is 96.6 cm³/mol. The number of nitrogens with zero attached hydrogens (tertiary/aromatic N) is 2. The fraction of sp³-hybridized carbons (Fsp3) is 0.571. The topological polar surface area (TPSA) is 137 Å². The normalized spacial score (nSPS) is 12.8. The summed E-state index contributed by atoms with van der Waals surface area (Å²) in [5, 5.41) is 0. The summed E-state index contributed by atoms with van der Waals surface area (Å²) in [4.78, 5) is 42.5. The fourth-order valence-electron chi connectivity index (χ4n) is 2.09. The average Bonchev–Trinajstić information content (AvgIpc) is 2.51. The molecular formula is C14H24N2O8P2. The molecule has 0 saturated heterocycles. The van der Waals surface area contributed by atoms with Gasteiger partial charge in [-0.3, -0.25) is 23.0 Å². The number of hydrogen-bond acceptors (Lipinski definition) is 6. The summed E-state index contributed by atoms with van der Waals surface area (Å²) in [6, 6.07) is 0. The maximum Gasteiger partial charge on any atom is 0.446 e. The van der Waals surface area contributed by atoms with Crippen LogP contribution in [0.25, 0.3) is 0 Å². The minimum atomic E-state index is -4.12. The van der Waals surface area contributed by atoms with E-state index in [0.717, 1.165) is 4.57 Å². The molecule has 1 aromatic heterocycles. The molecule has 0 atom stereocenters. The molecule has 10 nitrogen and oxygen atoms in total. The lowest BCUT2D eigenvalue weighted by atomic mass is 10.3. The van der Waals surface area contributed by atoms with Crippen LogP contribution >= 0.6 is 15.3 Å². The van der Waals surface area contributed by atoms with Gasteiger partial charge in [0.1, 0.15) is 0 Å². The number of rotatable bonds is 10. The number of allylic oxidation sites excluding steroid dienone is 2. The van der Waals surface area contributed by atoms with E-state index in [-0.39, 0.29) is 37.9 Å². The van der Waals surface area contributed by atoms with Crippen molar-refractivity contribution in [1.29, 1.82) is 0 Å². The molecule has 0 spiro atoms. The highest BCUT2D eigenvalue weighted by molar-refractivity contribution is 7.52. The Bertz CT molecular complexity index is 841. The maximum atomic E-state index is 12.8. The monoisotopic (exact) mass is 410 g/mol. The van der Waals surface area contributed by atoms with Crippen LogP contribution in [0.1, 0.15) is 25.8 Å². The Kier molecular flexibility index (Phi) is 8.40. The zero-order valence-corrected chi connectivity index (χ0v) is 16.7. The second-order valence-corrected chi connectivity index (χ2v) is 8.95. The highest BCUT2D eigenvalue weighted by Crippen LogP contribution is 2.46. The molecule has 0 aliphatic carbocycles. The number of hydrogen-bond donors (Lipinski definition) is 2. The van der Waals surface area contributed by atoms with Crippen molar-refractivity contribution in [3.63, 3.8) is 0 Å². The van der Waals surface area contributed by atoms with Crippen LogP contribution in [0.15, 0.2) is 27.9 Å². The lowest BCUT2D eigenvalue weighted by Crippen LogP contribution is -2.40. The van der Waals surface area contributed by atoms with Crippen LogP contribution in [0, 0.1) is 6.92 Å². The maximum absolute atomic E-state index is 12.8. The largest absolute Gasteiger partial charge is 0.446 e. The molecule has 1 aromatic rings. The minimum absolute atomic E-state index is 0.0145. The zero-order chi connectivity index (χ0) is 20.0. The van der Waals surface area contributed by atoms with E-state index < -0.39 is 26.6 Å². The first-order valence-corrected chi connectivity index (χ1v) is 11.3. The molecule has 0 aromatic carbocycles. The summed E-state index contributed by atoms with van der Waals surface area (Å²) in [6.45, 7) is 4.59. The van der Waals surface area contributed by atoms with Gasteiger partial charge in [0.25, 0.3) is 5.56 Å². The van der Waals surface area contributed by atoms with Gasteiger partial charge in [-0.2, -0.15) is 4.34 Å². The Morgan fingerprint density at radius 3 is 2.19 bits per heavy atom. The van der Waals surface area contributed by atoms with Crippen LogP contribution in [0.4, 0.5) is 0 Å². The summed E-state index contributed by atoms with van der Waals surface area (Å²) >= 11 is 0. The van der Waals surface area contributed by atoms with Gasteiger partial charge in [0.2, 0.25) is 0 Å². The van der Waals surface area contributed by atoms with Gasteiger partial charge < -0.3 is 9.79 Å². The van der Waals surface area contributed by atoms with Crippen LogP contribution in [0.5, 0.6) is 0 Å². The molecule has 0 saturated carbocycles. The zero-order valence-electron chi connectivity index (χ0n) is 14.9. The average molecular weight is 410 g/mol. The standard InChI is InChI=1S/C14H24N2O8P2/c1-4-23-26(22,24-5-2)16-13(17)12(3)11-15(14(16)18)9-7-6-8-10-25(19,20)21/h6-7,11H,4-5,8-10H2,1-3H3,(H2,19,20,21)/b7-6+. The predicted octanol–water partition coefficient (Wildman–Crippen LogP) is 1.47. The Morgan fingerprint density at radius 2 is 1.69 bits per heavy atom. The summed E-state index contributed by atoms with van der Waals surface area (Å²) in [7, 11) is -8.21. The fourth-order valence-corrected chi connectivity index (χ4v) is 4.24. The van der Waals surface area contributed by atoms with Crippen molar-refractivity contribution in [2.75, 3.05) is 19.4 Å². The van der Waals surface area contributed by atoms with E-state index in [0.29, 0.717) is 4.34 Å². The Labute approximate surface area is 150 Å². The molecule has 0 unspecified atom stereocenters. The first kappa shape index (κ1) is 22.8. The molecule has 0 aliphatic rings. The van der Waals surface area contributed by atoms with E-state index in [2.05, 4.69) is 0 Å². The molecule has 0 radical (unpaired) electrons. The lowest BCUT2D eigenvalue weighted by molar-refractivity contribution is 0.209. The number of aryl methyl sites for hydroxylation is 1. The molecule has 148 valence electrons. The smallest absolute Gasteiger partial charge is 0.324 e. The summed E-state index contributed by atoms with van der Waals surface area (Å²) < 4.78 is 35.5. The quantitative estimate of drug-likeness (QED) is 0.437. The third kappa shape index (κ3) is 6.16. The third-order valence-corrected chi connectivity index (χ3v) is 6.04. The first-order valence-electron chi connectivity index (χ1n) is 7.98. The summed E-state index contributed by atoms with van der Waals surface area (Å²) in [6.07, 6.45) is 4.18.